The van der Waals surface area contributed by atoms with Crippen LogP contribution >= 0.6 is 0 Å². The van der Waals surface area contributed by atoms with E-state index in [0.717, 1.165) is 12.8 Å². The van der Waals surface area contributed by atoms with E-state index < -0.39 is 0 Å². The number of alkyl carbamates (subject to hydrolysis) is 1. The zero-order chi connectivity index (χ0) is 16.3. The molecule has 2 fully saturated rings. The fourth-order valence-electron chi connectivity index (χ4n) is 4.45. The van der Waals surface area contributed by atoms with Gasteiger partial charge < -0.3 is 10.1 Å². The summed E-state index contributed by atoms with van der Waals surface area (Å²) in [5.41, 5.74) is 0. The number of hydrogen-bond donors (Lipinski definition) is 1. The first kappa shape index (κ1) is 18.6. The first-order valence-electron chi connectivity index (χ1n) is 10.2. The van der Waals surface area contributed by atoms with Crippen LogP contribution in [0, 0.1) is 11.8 Å². The Balaban J connectivity index is 1.95. The van der Waals surface area contributed by atoms with Gasteiger partial charge in [-0.2, -0.15) is 0 Å². The summed E-state index contributed by atoms with van der Waals surface area (Å²) in [6.07, 6.45) is 17.8. The predicted octanol–water partition coefficient (Wildman–Crippen LogP) is 5.82. The summed E-state index contributed by atoms with van der Waals surface area (Å²) >= 11 is 0. The van der Waals surface area contributed by atoms with Crippen LogP contribution in [0.5, 0.6) is 0 Å². The summed E-state index contributed by atoms with van der Waals surface area (Å²) in [5.74, 6) is 1.33. The zero-order valence-corrected chi connectivity index (χ0v) is 15.2. The molecule has 0 aromatic rings. The third-order valence-electron chi connectivity index (χ3n) is 5.83. The minimum atomic E-state index is -0.169. The maximum atomic E-state index is 12.3. The highest BCUT2D eigenvalue weighted by Gasteiger charge is 2.31. The summed E-state index contributed by atoms with van der Waals surface area (Å²) in [6, 6.07) is 0.348. The van der Waals surface area contributed by atoms with E-state index in [-0.39, 0.29) is 6.09 Å². The van der Waals surface area contributed by atoms with Crippen molar-refractivity contribution in [3.63, 3.8) is 0 Å². The number of nitrogens with one attached hydrogen (secondary N) is 1. The topological polar surface area (TPSA) is 38.3 Å². The van der Waals surface area contributed by atoms with Gasteiger partial charge in [-0.3, -0.25) is 0 Å². The Kier molecular flexibility index (Phi) is 8.85. The Labute approximate surface area is 142 Å². The van der Waals surface area contributed by atoms with Gasteiger partial charge in [0.1, 0.15) is 0 Å². The number of hydrogen-bond acceptors (Lipinski definition) is 2. The maximum Gasteiger partial charge on any atom is 0.407 e. The Morgan fingerprint density at radius 3 is 1.83 bits per heavy atom. The molecule has 3 nitrogen and oxygen atoms in total. The summed E-state index contributed by atoms with van der Waals surface area (Å²) in [7, 11) is 0. The van der Waals surface area contributed by atoms with Gasteiger partial charge in [0.25, 0.3) is 0 Å². The van der Waals surface area contributed by atoms with Crippen LogP contribution in [-0.4, -0.2) is 18.7 Å². The van der Waals surface area contributed by atoms with Crippen LogP contribution in [0.1, 0.15) is 96.8 Å². The zero-order valence-electron chi connectivity index (χ0n) is 15.2. The molecule has 3 heteroatoms. The summed E-state index contributed by atoms with van der Waals surface area (Å²) in [5, 5.41) is 3.31. The lowest BCUT2D eigenvalue weighted by atomic mass is 9.80. The van der Waals surface area contributed by atoms with E-state index in [1.54, 1.807) is 0 Å². The van der Waals surface area contributed by atoms with Gasteiger partial charge in [-0.25, -0.2) is 4.79 Å². The summed E-state index contributed by atoms with van der Waals surface area (Å²) in [4.78, 5) is 12.3. The quantitative estimate of drug-likeness (QED) is 0.494. The number of amides is 1. The van der Waals surface area contributed by atoms with E-state index in [0.29, 0.717) is 24.5 Å². The lowest BCUT2D eigenvalue weighted by Gasteiger charge is -2.33. The molecule has 2 rings (SSSR count). The number of unbranched alkanes of at least 4 members (excludes halogenated alkanes) is 1. The lowest BCUT2D eigenvalue weighted by molar-refractivity contribution is 0.124. The van der Waals surface area contributed by atoms with Crippen LogP contribution in [0.3, 0.4) is 0 Å². The van der Waals surface area contributed by atoms with Crippen molar-refractivity contribution < 1.29 is 9.53 Å². The molecule has 0 unspecified atom stereocenters. The van der Waals surface area contributed by atoms with Crippen molar-refractivity contribution >= 4 is 6.09 Å². The van der Waals surface area contributed by atoms with Gasteiger partial charge >= 0.3 is 6.09 Å². The summed E-state index contributed by atoms with van der Waals surface area (Å²) < 4.78 is 5.41. The first-order valence-corrected chi connectivity index (χ1v) is 10.2. The molecule has 2 aliphatic carbocycles. The molecule has 1 N–H and O–H groups in total. The van der Waals surface area contributed by atoms with Crippen molar-refractivity contribution in [2.24, 2.45) is 11.8 Å². The molecule has 0 aromatic carbocycles. The van der Waals surface area contributed by atoms with Gasteiger partial charge in [0.2, 0.25) is 0 Å². The number of carbonyl (C=O) groups is 1. The third-order valence-corrected chi connectivity index (χ3v) is 5.83. The van der Waals surface area contributed by atoms with Gasteiger partial charge in [0.15, 0.2) is 0 Å². The molecule has 0 atom stereocenters. The second-order valence-electron chi connectivity index (χ2n) is 7.66. The largest absolute Gasteiger partial charge is 0.450 e. The number of carbonyl (C=O) groups excluding carboxylic acids is 1. The average Bonchev–Trinajstić information content (AvgIpc) is 2.98. The second-order valence-corrected chi connectivity index (χ2v) is 7.66. The molecule has 0 bridgehead atoms. The molecule has 0 heterocycles. The van der Waals surface area contributed by atoms with Gasteiger partial charge in [-0.1, -0.05) is 64.7 Å². The fraction of sp³-hybridized carbons (Fsp3) is 0.950. The first-order chi connectivity index (χ1) is 11.3. The number of ether oxygens (including phenoxy) is 1. The van der Waals surface area contributed by atoms with Crippen LogP contribution in [0.2, 0.25) is 0 Å². The van der Waals surface area contributed by atoms with Crippen LogP contribution in [0.25, 0.3) is 0 Å². The predicted molar refractivity (Wildman–Crippen MR) is 95.6 cm³/mol. The monoisotopic (exact) mass is 323 g/mol. The molecule has 0 aromatic heterocycles. The van der Waals surface area contributed by atoms with Gasteiger partial charge in [0.05, 0.1) is 6.61 Å². The molecule has 2 aliphatic rings. The third kappa shape index (κ3) is 6.73. The van der Waals surface area contributed by atoms with Gasteiger partial charge in [-0.05, 0) is 43.9 Å². The highest BCUT2D eigenvalue weighted by molar-refractivity contribution is 5.67. The Morgan fingerprint density at radius 2 is 1.39 bits per heavy atom. The fourth-order valence-corrected chi connectivity index (χ4v) is 4.45. The molecule has 0 spiro atoms. The van der Waals surface area contributed by atoms with E-state index in [2.05, 4.69) is 12.2 Å². The normalized spacial score (nSPS) is 21.7. The van der Waals surface area contributed by atoms with Crippen molar-refractivity contribution in [3.8, 4) is 0 Å². The Hall–Kier alpha value is -0.730. The molecule has 0 saturated heterocycles. The van der Waals surface area contributed by atoms with E-state index in [1.807, 2.05) is 0 Å². The van der Waals surface area contributed by atoms with Crippen molar-refractivity contribution in [3.05, 3.63) is 0 Å². The average molecular weight is 324 g/mol. The molecule has 134 valence electrons. The minimum Gasteiger partial charge on any atom is -0.450 e. The van der Waals surface area contributed by atoms with Crippen LogP contribution in [0.4, 0.5) is 4.79 Å². The van der Waals surface area contributed by atoms with Gasteiger partial charge in [0, 0.05) is 6.04 Å². The van der Waals surface area contributed by atoms with Crippen LogP contribution in [-0.2, 0) is 4.74 Å². The SMILES string of the molecule is CCCCOC(=O)NC(C1CCCCCC1)C1CCCCCC1. The molecule has 2 saturated carbocycles. The molecular formula is C20H37NO2. The van der Waals surface area contributed by atoms with Crippen molar-refractivity contribution in [1.29, 1.82) is 0 Å². The van der Waals surface area contributed by atoms with Crippen LogP contribution < -0.4 is 5.32 Å². The maximum absolute atomic E-state index is 12.3. The van der Waals surface area contributed by atoms with E-state index >= 15 is 0 Å². The molecular weight excluding hydrogens is 286 g/mol. The highest BCUT2D eigenvalue weighted by atomic mass is 16.5. The molecule has 0 radical (unpaired) electrons. The summed E-state index contributed by atoms with van der Waals surface area (Å²) in [6.45, 7) is 2.69. The smallest absolute Gasteiger partial charge is 0.407 e. The molecule has 0 aliphatic heterocycles. The molecule has 1 amide bonds. The Bertz CT molecular complexity index is 296. The van der Waals surface area contributed by atoms with E-state index in [4.69, 9.17) is 4.74 Å². The molecule has 23 heavy (non-hydrogen) atoms. The van der Waals surface area contributed by atoms with E-state index in [1.165, 1.54) is 77.0 Å². The van der Waals surface area contributed by atoms with Crippen molar-refractivity contribution in [1.82, 2.24) is 5.32 Å². The lowest BCUT2D eigenvalue weighted by Crippen LogP contribution is -2.45. The number of rotatable bonds is 6. The minimum absolute atomic E-state index is 0.169. The highest BCUT2D eigenvalue weighted by Crippen LogP contribution is 2.34. The Morgan fingerprint density at radius 1 is 0.913 bits per heavy atom. The van der Waals surface area contributed by atoms with E-state index in [9.17, 15) is 4.79 Å². The standard InChI is InChI=1S/C20H37NO2/c1-2-3-16-23-20(22)21-19(17-12-8-4-5-9-13-17)18-14-10-6-7-11-15-18/h17-19H,2-16H2,1H3,(H,21,22). The van der Waals surface area contributed by atoms with Crippen molar-refractivity contribution in [2.75, 3.05) is 6.61 Å². The van der Waals surface area contributed by atoms with Crippen molar-refractivity contribution in [2.45, 2.75) is 103 Å². The second kappa shape index (κ2) is 10.9. The van der Waals surface area contributed by atoms with Gasteiger partial charge in [-0.15, -0.1) is 0 Å². The van der Waals surface area contributed by atoms with Crippen LogP contribution in [0.15, 0.2) is 0 Å².